The van der Waals surface area contributed by atoms with Gasteiger partial charge in [0.05, 0.1) is 12.2 Å². The van der Waals surface area contributed by atoms with Gasteiger partial charge in [0.2, 0.25) is 0 Å². The number of hydrogen-bond donors (Lipinski definition) is 1. The predicted octanol–water partition coefficient (Wildman–Crippen LogP) is 4.96. The van der Waals surface area contributed by atoms with Gasteiger partial charge in [0.25, 0.3) is 0 Å². The quantitative estimate of drug-likeness (QED) is 0.525. The molecule has 3 aromatic carbocycles. The summed E-state index contributed by atoms with van der Waals surface area (Å²) in [7, 11) is 0. The van der Waals surface area contributed by atoms with Crippen molar-refractivity contribution in [2.45, 2.75) is 6.61 Å². The van der Waals surface area contributed by atoms with Crippen molar-refractivity contribution in [1.29, 1.82) is 0 Å². The van der Waals surface area contributed by atoms with Crippen molar-refractivity contribution in [3.63, 3.8) is 0 Å². The Morgan fingerprint density at radius 1 is 1.15 bits per heavy atom. The van der Waals surface area contributed by atoms with Crippen molar-refractivity contribution in [1.82, 2.24) is 0 Å². The van der Waals surface area contributed by atoms with Crippen LogP contribution in [-0.2, 0) is 11.3 Å². The predicted molar refractivity (Wildman–Crippen MR) is 101 cm³/mol. The number of carbonyl (C=O) groups excluding carboxylic acids is 1. The summed E-state index contributed by atoms with van der Waals surface area (Å²) < 4.78 is 10.8. The van der Waals surface area contributed by atoms with Gasteiger partial charge in [-0.2, -0.15) is 0 Å². The monoisotopic (exact) mass is 366 g/mol. The minimum atomic E-state index is -0.297. The average Bonchev–Trinajstić information content (AvgIpc) is 2.66. The Bertz CT molecular complexity index is 1040. The lowest BCUT2D eigenvalue weighted by Crippen LogP contribution is -2.12. The zero-order chi connectivity index (χ0) is 18.1. The lowest BCUT2D eigenvalue weighted by Gasteiger charge is -2.19. The molecule has 1 N–H and O–H groups in total. The van der Waals surface area contributed by atoms with Gasteiger partial charge in [0, 0.05) is 21.5 Å². The summed E-state index contributed by atoms with van der Waals surface area (Å²) in [4.78, 5) is 12.6. The van der Waals surface area contributed by atoms with E-state index in [9.17, 15) is 9.90 Å². The van der Waals surface area contributed by atoms with Gasteiger partial charge in [-0.3, -0.25) is 4.79 Å². The van der Waals surface area contributed by atoms with E-state index in [4.69, 9.17) is 21.1 Å². The fourth-order valence-corrected chi connectivity index (χ4v) is 3.29. The fourth-order valence-electron chi connectivity index (χ4n) is 3.04. The van der Waals surface area contributed by atoms with Crippen LogP contribution in [0.5, 0.6) is 11.5 Å². The Balaban J connectivity index is 1.69. The zero-order valence-corrected chi connectivity index (χ0v) is 14.5. The molecule has 4 nitrogen and oxygen atoms in total. The molecule has 0 bridgehead atoms. The number of aromatic hydroxyl groups is 1. The van der Waals surface area contributed by atoms with Crippen molar-refractivity contribution in [2.24, 2.45) is 0 Å². The van der Waals surface area contributed by atoms with E-state index >= 15 is 0 Å². The molecule has 0 aromatic heterocycles. The van der Waals surface area contributed by atoms with Gasteiger partial charge in [-0.25, -0.2) is 0 Å². The Kier molecular flexibility index (Phi) is 4.37. The number of ketones is 1. The Morgan fingerprint density at radius 2 is 2.00 bits per heavy atom. The van der Waals surface area contributed by atoms with Gasteiger partial charge in [0.1, 0.15) is 11.5 Å². The first kappa shape index (κ1) is 16.6. The number of allylic oxidation sites excluding steroid dienone is 1. The lowest BCUT2D eigenvalue weighted by molar-refractivity contribution is -0.0165. The summed E-state index contributed by atoms with van der Waals surface area (Å²) >= 11 is 6.13. The molecule has 130 valence electrons. The van der Waals surface area contributed by atoms with Crippen LogP contribution in [0.15, 0.2) is 54.6 Å². The maximum atomic E-state index is 12.6. The number of benzene rings is 3. The number of fused-ring (bicyclic) bond motifs is 2. The highest BCUT2D eigenvalue weighted by atomic mass is 35.5. The summed E-state index contributed by atoms with van der Waals surface area (Å²) in [6, 6.07) is 14.3. The van der Waals surface area contributed by atoms with Gasteiger partial charge >= 0.3 is 0 Å². The van der Waals surface area contributed by atoms with Gasteiger partial charge in [0.15, 0.2) is 12.6 Å². The molecule has 0 saturated carbocycles. The molecule has 1 heterocycles. The summed E-state index contributed by atoms with van der Waals surface area (Å²) in [6.45, 7) is 0.574. The van der Waals surface area contributed by atoms with Crippen LogP contribution in [0.4, 0.5) is 0 Å². The van der Waals surface area contributed by atoms with Crippen LogP contribution in [0.1, 0.15) is 21.5 Å². The molecule has 0 aliphatic carbocycles. The number of hydrogen-bond acceptors (Lipinski definition) is 4. The third kappa shape index (κ3) is 3.05. The molecule has 0 fully saturated rings. The minimum Gasteiger partial charge on any atom is -0.507 e. The Morgan fingerprint density at radius 3 is 2.88 bits per heavy atom. The molecule has 0 radical (unpaired) electrons. The molecule has 0 atom stereocenters. The molecule has 4 rings (SSSR count). The molecular formula is C21H15ClO4. The molecule has 0 spiro atoms. The van der Waals surface area contributed by atoms with Gasteiger partial charge in [-0.1, -0.05) is 41.9 Å². The average molecular weight is 367 g/mol. The van der Waals surface area contributed by atoms with Crippen molar-refractivity contribution < 1.29 is 19.4 Å². The van der Waals surface area contributed by atoms with E-state index in [1.165, 1.54) is 6.08 Å². The first-order valence-corrected chi connectivity index (χ1v) is 8.47. The van der Waals surface area contributed by atoms with Crippen LogP contribution in [0.3, 0.4) is 0 Å². The van der Waals surface area contributed by atoms with Crippen molar-refractivity contribution in [3.8, 4) is 11.5 Å². The van der Waals surface area contributed by atoms with E-state index in [1.807, 2.05) is 24.3 Å². The van der Waals surface area contributed by atoms with Crippen LogP contribution in [0, 0.1) is 0 Å². The van der Waals surface area contributed by atoms with Crippen LogP contribution >= 0.6 is 11.6 Å². The van der Waals surface area contributed by atoms with Gasteiger partial charge in [-0.15, -0.1) is 0 Å². The second-order valence-electron chi connectivity index (χ2n) is 5.97. The van der Waals surface area contributed by atoms with Gasteiger partial charge in [-0.05, 0) is 35.7 Å². The van der Waals surface area contributed by atoms with Crippen LogP contribution in [0.2, 0.25) is 5.02 Å². The summed E-state index contributed by atoms with van der Waals surface area (Å²) in [5.41, 5.74) is 1.79. The number of rotatable bonds is 3. The van der Waals surface area contributed by atoms with E-state index < -0.39 is 0 Å². The van der Waals surface area contributed by atoms with Crippen molar-refractivity contribution in [2.75, 3.05) is 6.79 Å². The van der Waals surface area contributed by atoms with E-state index in [2.05, 4.69) is 0 Å². The molecule has 0 saturated heterocycles. The highest BCUT2D eigenvalue weighted by Crippen LogP contribution is 2.33. The number of halogens is 1. The third-order valence-electron chi connectivity index (χ3n) is 4.28. The smallest absolute Gasteiger partial charge is 0.189 e. The topological polar surface area (TPSA) is 55.8 Å². The molecule has 1 aliphatic rings. The van der Waals surface area contributed by atoms with Crippen LogP contribution < -0.4 is 4.74 Å². The van der Waals surface area contributed by atoms with Gasteiger partial charge < -0.3 is 14.6 Å². The molecule has 26 heavy (non-hydrogen) atoms. The normalized spacial score (nSPS) is 13.6. The molecule has 0 unspecified atom stereocenters. The molecule has 0 amide bonds. The largest absolute Gasteiger partial charge is 0.507 e. The highest BCUT2D eigenvalue weighted by Gasteiger charge is 2.16. The number of phenolic OH excluding ortho intramolecular Hbond substituents is 1. The number of ether oxygens (including phenoxy) is 2. The summed E-state index contributed by atoms with van der Waals surface area (Å²) in [5.74, 6) is 0.344. The molecule has 1 aliphatic heterocycles. The van der Waals surface area contributed by atoms with E-state index in [1.54, 1.807) is 30.3 Å². The van der Waals surface area contributed by atoms with E-state index in [0.717, 1.165) is 10.9 Å². The number of carbonyl (C=O) groups is 1. The first-order valence-electron chi connectivity index (χ1n) is 8.09. The Labute approximate surface area is 155 Å². The maximum absolute atomic E-state index is 12.6. The molecule has 3 aromatic rings. The molecular weight excluding hydrogens is 352 g/mol. The molecule has 5 heteroatoms. The first-order chi connectivity index (χ1) is 12.6. The fraction of sp³-hybridized carbons (Fsp3) is 0.0952. The Hall–Kier alpha value is -2.82. The minimum absolute atomic E-state index is 0.0180. The van der Waals surface area contributed by atoms with Crippen LogP contribution in [-0.4, -0.2) is 17.7 Å². The van der Waals surface area contributed by atoms with E-state index in [-0.39, 0.29) is 23.9 Å². The van der Waals surface area contributed by atoms with Crippen molar-refractivity contribution >= 4 is 34.2 Å². The zero-order valence-electron chi connectivity index (χ0n) is 13.7. The number of phenols is 1. The second kappa shape index (κ2) is 6.83. The standard InChI is InChI=1S/C21H15ClO4/c22-16-9-14(21-15(10-16)11-25-12-26-21)6-8-19(23)18-7-5-13-3-1-2-4-17(13)20(18)24/h1-10,24H,11-12H2/b8-6+. The van der Waals surface area contributed by atoms with Crippen LogP contribution in [0.25, 0.3) is 16.8 Å². The lowest BCUT2D eigenvalue weighted by atomic mass is 10.0. The highest BCUT2D eigenvalue weighted by molar-refractivity contribution is 6.30. The maximum Gasteiger partial charge on any atom is 0.189 e. The SMILES string of the molecule is O=C(/C=C/c1cc(Cl)cc2c1OCOC2)c1ccc2ccccc2c1O. The third-order valence-corrected chi connectivity index (χ3v) is 4.50. The summed E-state index contributed by atoms with van der Waals surface area (Å²) in [5, 5.41) is 12.5. The van der Waals surface area contributed by atoms with Crippen molar-refractivity contribution in [3.05, 3.63) is 76.3 Å². The van der Waals surface area contributed by atoms with E-state index in [0.29, 0.717) is 28.3 Å². The second-order valence-corrected chi connectivity index (χ2v) is 6.41. The summed E-state index contributed by atoms with van der Waals surface area (Å²) in [6.07, 6.45) is 3.06.